The van der Waals surface area contributed by atoms with Crippen LogP contribution in [0.15, 0.2) is 18.2 Å². The van der Waals surface area contributed by atoms with Crippen molar-refractivity contribution in [3.8, 4) is 5.75 Å². The Morgan fingerprint density at radius 2 is 2.40 bits per heavy atom. The van der Waals surface area contributed by atoms with Gasteiger partial charge < -0.3 is 15.4 Å². The fourth-order valence-corrected chi connectivity index (χ4v) is 2.39. The zero-order valence-electron chi connectivity index (χ0n) is 11.3. The number of rotatable bonds is 4. The first-order chi connectivity index (χ1) is 9.56. The minimum Gasteiger partial charge on any atom is -0.482 e. The van der Waals surface area contributed by atoms with Gasteiger partial charge in [0.05, 0.1) is 5.02 Å². The molecule has 1 aromatic rings. The number of carbonyl (C=O) groups excluding carboxylic acids is 1. The first-order valence-corrected chi connectivity index (χ1v) is 7.02. The van der Waals surface area contributed by atoms with E-state index in [2.05, 4.69) is 17.6 Å². The number of carbonyl (C=O) groups is 1. The molecule has 2 N–H and O–H groups in total. The van der Waals surface area contributed by atoms with Crippen LogP contribution in [0.2, 0.25) is 5.02 Å². The zero-order chi connectivity index (χ0) is 14.5. The SMILES string of the molecule is CC1CCNCC1NC(=O)COc1ccc(F)cc1Cl. The van der Waals surface area contributed by atoms with Crippen LogP contribution >= 0.6 is 11.6 Å². The van der Waals surface area contributed by atoms with Crippen molar-refractivity contribution in [2.45, 2.75) is 19.4 Å². The van der Waals surface area contributed by atoms with Crippen molar-refractivity contribution in [2.24, 2.45) is 5.92 Å². The Balaban J connectivity index is 1.82. The fourth-order valence-electron chi connectivity index (χ4n) is 2.17. The highest BCUT2D eigenvalue weighted by Gasteiger charge is 2.22. The van der Waals surface area contributed by atoms with Gasteiger partial charge in [-0.1, -0.05) is 18.5 Å². The summed E-state index contributed by atoms with van der Waals surface area (Å²) >= 11 is 5.82. The molecule has 0 bridgehead atoms. The van der Waals surface area contributed by atoms with E-state index >= 15 is 0 Å². The third-order valence-electron chi connectivity index (χ3n) is 3.43. The number of benzene rings is 1. The average molecular weight is 301 g/mol. The second kappa shape index (κ2) is 6.90. The van der Waals surface area contributed by atoms with Crippen molar-refractivity contribution in [2.75, 3.05) is 19.7 Å². The van der Waals surface area contributed by atoms with Crippen molar-refractivity contribution < 1.29 is 13.9 Å². The Labute approximate surface area is 122 Å². The molecule has 2 unspecified atom stereocenters. The molecule has 20 heavy (non-hydrogen) atoms. The number of ether oxygens (including phenoxy) is 1. The molecule has 0 aliphatic carbocycles. The maximum Gasteiger partial charge on any atom is 0.258 e. The van der Waals surface area contributed by atoms with Crippen LogP contribution in [0.3, 0.4) is 0 Å². The van der Waals surface area contributed by atoms with Crippen LogP contribution in [0, 0.1) is 11.7 Å². The fraction of sp³-hybridized carbons (Fsp3) is 0.500. The molecule has 0 saturated carbocycles. The van der Waals surface area contributed by atoms with Crippen molar-refractivity contribution in [3.05, 3.63) is 29.0 Å². The van der Waals surface area contributed by atoms with E-state index in [1.54, 1.807) is 0 Å². The third-order valence-corrected chi connectivity index (χ3v) is 3.72. The Hall–Kier alpha value is -1.33. The number of halogens is 2. The number of hydrogen-bond acceptors (Lipinski definition) is 3. The van der Waals surface area contributed by atoms with Gasteiger partial charge in [0.1, 0.15) is 11.6 Å². The van der Waals surface area contributed by atoms with E-state index in [4.69, 9.17) is 16.3 Å². The molecule has 110 valence electrons. The Bertz CT molecular complexity index is 484. The van der Waals surface area contributed by atoms with Crippen molar-refractivity contribution in [1.29, 1.82) is 0 Å². The van der Waals surface area contributed by atoms with E-state index in [1.807, 2.05) is 0 Å². The molecule has 2 atom stereocenters. The molecule has 1 amide bonds. The lowest BCUT2D eigenvalue weighted by Gasteiger charge is -2.30. The molecular weight excluding hydrogens is 283 g/mol. The molecule has 1 saturated heterocycles. The van der Waals surface area contributed by atoms with Crippen molar-refractivity contribution in [3.63, 3.8) is 0 Å². The van der Waals surface area contributed by atoms with E-state index in [-0.39, 0.29) is 23.6 Å². The number of hydrogen-bond donors (Lipinski definition) is 2. The van der Waals surface area contributed by atoms with Crippen LogP contribution in [0.5, 0.6) is 5.75 Å². The summed E-state index contributed by atoms with van der Waals surface area (Å²) in [6.07, 6.45) is 1.04. The normalized spacial score (nSPS) is 22.4. The molecule has 0 aromatic heterocycles. The van der Waals surface area contributed by atoms with Gasteiger partial charge >= 0.3 is 0 Å². The molecule has 0 radical (unpaired) electrons. The largest absolute Gasteiger partial charge is 0.482 e. The Morgan fingerprint density at radius 1 is 1.60 bits per heavy atom. The number of piperidine rings is 1. The lowest BCUT2D eigenvalue weighted by molar-refractivity contribution is -0.124. The van der Waals surface area contributed by atoms with Crippen molar-refractivity contribution in [1.82, 2.24) is 10.6 Å². The molecule has 1 fully saturated rings. The first kappa shape index (κ1) is 15.1. The van der Waals surface area contributed by atoms with Crippen LogP contribution < -0.4 is 15.4 Å². The average Bonchev–Trinajstić information content (AvgIpc) is 2.40. The summed E-state index contributed by atoms with van der Waals surface area (Å²) in [7, 11) is 0. The van der Waals surface area contributed by atoms with Gasteiger partial charge in [0.2, 0.25) is 0 Å². The second-order valence-electron chi connectivity index (χ2n) is 5.01. The maximum atomic E-state index is 12.9. The highest BCUT2D eigenvalue weighted by atomic mass is 35.5. The minimum absolute atomic E-state index is 0.114. The van der Waals surface area contributed by atoms with Gasteiger partial charge in [-0.3, -0.25) is 4.79 Å². The van der Waals surface area contributed by atoms with Gasteiger partial charge in [0.15, 0.2) is 6.61 Å². The van der Waals surface area contributed by atoms with Crippen LogP contribution in [-0.4, -0.2) is 31.6 Å². The molecule has 4 nitrogen and oxygen atoms in total. The van der Waals surface area contributed by atoms with Crippen LogP contribution in [0.1, 0.15) is 13.3 Å². The number of nitrogens with one attached hydrogen (secondary N) is 2. The van der Waals surface area contributed by atoms with Gasteiger partial charge in [-0.15, -0.1) is 0 Å². The lowest BCUT2D eigenvalue weighted by Crippen LogP contribution is -2.51. The smallest absolute Gasteiger partial charge is 0.258 e. The van der Waals surface area contributed by atoms with E-state index in [0.29, 0.717) is 11.7 Å². The van der Waals surface area contributed by atoms with Crippen LogP contribution in [0.4, 0.5) is 4.39 Å². The van der Waals surface area contributed by atoms with Gasteiger partial charge in [0, 0.05) is 12.6 Å². The standard InChI is InChI=1S/C14H18ClFN2O2/c1-9-4-5-17-7-12(9)18-14(19)8-20-13-3-2-10(16)6-11(13)15/h2-3,6,9,12,17H,4-5,7-8H2,1H3,(H,18,19). The third kappa shape index (κ3) is 4.08. The van der Waals surface area contributed by atoms with E-state index < -0.39 is 5.82 Å². The molecule has 1 aliphatic rings. The topological polar surface area (TPSA) is 50.4 Å². The first-order valence-electron chi connectivity index (χ1n) is 6.64. The monoisotopic (exact) mass is 300 g/mol. The quantitative estimate of drug-likeness (QED) is 0.894. The maximum absolute atomic E-state index is 12.9. The zero-order valence-corrected chi connectivity index (χ0v) is 12.0. The minimum atomic E-state index is -0.436. The summed E-state index contributed by atoms with van der Waals surface area (Å²) in [6.45, 7) is 3.73. The highest BCUT2D eigenvalue weighted by Crippen LogP contribution is 2.24. The summed E-state index contributed by atoms with van der Waals surface area (Å²) < 4.78 is 18.2. The summed E-state index contributed by atoms with van der Waals surface area (Å²) in [5.74, 6) is 0.104. The lowest BCUT2D eigenvalue weighted by atomic mass is 9.95. The summed E-state index contributed by atoms with van der Waals surface area (Å²) in [5, 5.41) is 6.33. The van der Waals surface area contributed by atoms with Crippen LogP contribution in [-0.2, 0) is 4.79 Å². The van der Waals surface area contributed by atoms with Gasteiger partial charge in [-0.05, 0) is 37.1 Å². The van der Waals surface area contributed by atoms with E-state index in [9.17, 15) is 9.18 Å². The molecule has 6 heteroatoms. The second-order valence-corrected chi connectivity index (χ2v) is 5.41. The predicted molar refractivity (Wildman–Crippen MR) is 75.5 cm³/mol. The molecular formula is C14H18ClFN2O2. The summed E-state index contributed by atoms with van der Waals surface area (Å²) in [4.78, 5) is 11.8. The van der Waals surface area contributed by atoms with E-state index in [0.717, 1.165) is 25.6 Å². The van der Waals surface area contributed by atoms with Gasteiger partial charge in [-0.2, -0.15) is 0 Å². The summed E-state index contributed by atoms with van der Waals surface area (Å²) in [5.41, 5.74) is 0. The predicted octanol–water partition coefficient (Wildman–Crippen LogP) is 1.97. The molecule has 1 aromatic carbocycles. The van der Waals surface area contributed by atoms with Gasteiger partial charge in [0.25, 0.3) is 5.91 Å². The van der Waals surface area contributed by atoms with Crippen molar-refractivity contribution >= 4 is 17.5 Å². The molecule has 1 heterocycles. The molecule has 0 spiro atoms. The number of amides is 1. The highest BCUT2D eigenvalue weighted by molar-refractivity contribution is 6.32. The Kier molecular flexibility index (Phi) is 5.20. The molecule has 2 rings (SSSR count). The van der Waals surface area contributed by atoms with Crippen LogP contribution in [0.25, 0.3) is 0 Å². The van der Waals surface area contributed by atoms with E-state index in [1.165, 1.54) is 12.1 Å². The summed E-state index contributed by atoms with van der Waals surface area (Å²) in [6, 6.07) is 3.92. The Morgan fingerprint density at radius 3 is 3.10 bits per heavy atom. The molecule has 1 aliphatic heterocycles. The van der Waals surface area contributed by atoms with Gasteiger partial charge in [-0.25, -0.2) is 4.39 Å².